The Kier molecular flexibility index (Phi) is 5.20. The van der Waals surface area contributed by atoms with Gasteiger partial charge in [0.25, 0.3) is 5.91 Å². The van der Waals surface area contributed by atoms with Gasteiger partial charge in [-0.2, -0.15) is 0 Å². The number of benzene rings is 1. The molecule has 3 aromatic rings. The second-order valence-corrected chi connectivity index (χ2v) is 6.45. The van der Waals surface area contributed by atoms with Gasteiger partial charge < -0.3 is 5.32 Å². The van der Waals surface area contributed by atoms with Crippen molar-refractivity contribution >= 4 is 32.7 Å². The van der Waals surface area contributed by atoms with E-state index in [1.807, 2.05) is 18.2 Å². The number of nitrogens with one attached hydrogen (secondary N) is 1. The Morgan fingerprint density at radius 2 is 1.92 bits per heavy atom. The molecule has 4 nitrogen and oxygen atoms in total. The topological polar surface area (TPSA) is 54.9 Å². The standard InChI is InChI=1S/C19H18BrN3O/c1-2-5-13-6-3-4-7-14(13)11-22-19(24)17-9-8-15-10-21-12-16(20)18(15)23-17/h3-4,6-10,12H,2,5,11H2,1H3,(H,22,24). The van der Waals surface area contributed by atoms with Crippen LogP contribution in [0.25, 0.3) is 10.9 Å². The van der Waals surface area contributed by atoms with Crippen LogP contribution in [-0.4, -0.2) is 15.9 Å². The molecule has 0 unspecified atom stereocenters. The summed E-state index contributed by atoms with van der Waals surface area (Å²) in [5.41, 5.74) is 3.57. The van der Waals surface area contributed by atoms with Crippen LogP contribution >= 0.6 is 15.9 Å². The molecule has 2 aromatic heterocycles. The van der Waals surface area contributed by atoms with E-state index in [0.29, 0.717) is 12.2 Å². The van der Waals surface area contributed by atoms with Crippen LogP contribution in [0.3, 0.4) is 0 Å². The third kappa shape index (κ3) is 3.62. The molecule has 0 radical (unpaired) electrons. The van der Waals surface area contributed by atoms with E-state index in [4.69, 9.17) is 0 Å². The lowest BCUT2D eigenvalue weighted by atomic mass is 10.0. The van der Waals surface area contributed by atoms with E-state index in [1.54, 1.807) is 18.5 Å². The molecule has 5 heteroatoms. The van der Waals surface area contributed by atoms with Crippen LogP contribution in [0.15, 0.2) is 53.3 Å². The minimum atomic E-state index is -0.174. The molecule has 0 saturated carbocycles. The molecule has 0 saturated heterocycles. The van der Waals surface area contributed by atoms with Gasteiger partial charge in [-0.15, -0.1) is 0 Å². The summed E-state index contributed by atoms with van der Waals surface area (Å²) >= 11 is 3.43. The summed E-state index contributed by atoms with van der Waals surface area (Å²) in [7, 11) is 0. The van der Waals surface area contributed by atoms with Gasteiger partial charge in [0, 0.05) is 24.3 Å². The Labute approximate surface area is 149 Å². The molecule has 1 amide bonds. The van der Waals surface area contributed by atoms with Crippen molar-refractivity contribution in [3.63, 3.8) is 0 Å². The molecule has 2 heterocycles. The highest BCUT2D eigenvalue weighted by atomic mass is 79.9. The van der Waals surface area contributed by atoms with Crippen molar-refractivity contribution in [2.75, 3.05) is 0 Å². The number of pyridine rings is 2. The fraction of sp³-hybridized carbons (Fsp3) is 0.211. The van der Waals surface area contributed by atoms with E-state index in [2.05, 4.69) is 50.3 Å². The largest absolute Gasteiger partial charge is 0.347 e. The van der Waals surface area contributed by atoms with Crippen LogP contribution in [0.2, 0.25) is 0 Å². The maximum absolute atomic E-state index is 12.4. The first-order chi connectivity index (χ1) is 11.7. The second kappa shape index (κ2) is 7.53. The molecular formula is C19H18BrN3O. The van der Waals surface area contributed by atoms with Gasteiger partial charge >= 0.3 is 0 Å². The molecule has 122 valence electrons. The molecule has 24 heavy (non-hydrogen) atoms. The number of halogens is 1. The predicted molar refractivity (Wildman–Crippen MR) is 98.8 cm³/mol. The first kappa shape index (κ1) is 16.6. The molecule has 0 spiro atoms. The minimum Gasteiger partial charge on any atom is -0.347 e. The maximum Gasteiger partial charge on any atom is 0.270 e. The zero-order valence-electron chi connectivity index (χ0n) is 13.4. The van der Waals surface area contributed by atoms with Crippen molar-refractivity contribution < 1.29 is 4.79 Å². The monoisotopic (exact) mass is 383 g/mol. The number of hydrogen-bond acceptors (Lipinski definition) is 3. The van der Waals surface area contributed by atoms with E-state index in [9.17, 15) is 4.79 Å². The molecular weight excluding hydrogens is 366 g/mol. The van der Waals surface area contributed by atoms with Gasteiger partial charge in [0.2, 0.25) is 0 Å². The van der Waals surface area contributed by atoms with Crippen LogP contribution in [-0.2, 0) is 13.0 Å². The van der Waals surface area contributed by atoms with Gasteiger partial charge in [0.1, 0.15) is 5.69 Å². The summed E-state index contributed by atoms with van der Waals surface area (Å²) in [4.78, 5) is 21.0. The van der Waals surface area contributed by atoms with Crippen molar-refractivity contribution in [1.82, 2.24) is 15.3 Å². The Morgan fingerprint density at radius 3 is 2.71 bits per heavy atom. The highest BCUT2D eigenvalue weighted by Gasteiger charge is 2.10. The Balaban J connectivity index is 1.77. The number of hydrogen-bond donors (Lipinski definition) is 1. The van der Waals surface area contributed by atoms with Crippen LogP contribution in [0.5, 0.6) is 0 Å². The van der Waals surface area contributed by atoms with E-state index in [-0.39, 0.29) is 5.91 Å². The van der Waals surface area contributed by atoms with E-state index in [1.165, 1.54) is 5.56 Å². The van der Waals surface area contributed by atoms with E-state index < -0.39 is 0 Å². The molecule has 0 aliphatic rings. The van der Waals surface area contributed by atoms with Crippen molar-refractivity contribution in [2.45, 2.75) is 26.3 Å². The lowest BCUT2D eigenvalue weighted by molar-refractivity contribution is 0.0946. The highest BCUT2D eigenvalue weighted by Crippen LogP contribution is 2.20. The molecule has 1 aromatic carbocycles. The smallest absolute Gasteiger partial charge is 0.270 e. The Morgan fingerprint density at radius 1 is 1.12 bits per heavy atom. The average Bonchev–Trinajstić information content (AvgIpc) is 2.61. The number of carbonyl (C=O) groups excluding carboxylic acids is 1. The van der Waals surface area contributed by atoms with Crippen LogP contribution in [0.4, 0.5) is 0 Å². The lowest BCUT2D eigenvalue weighted by Gasteiger charge is -2.10. The Hall–Kier alpha value is -2.27. The number of rotatable bonds is 5. The van der Waals surface area contributed by atoms with Crippen molar-refractivity contribution in [1.29, 1.82) is 0 Å². The quantitative estimate of drug-likeness (QED) is 0.715. The fourth-order valence-corrected chi connectivity index (χ4v) is 3.08. The van der Waals surface area contributed by atoms with Crippen LogP contribution < -0.4 is 5.32 Å². The third-order valence-electron chi connectivity index (χ3n) is 3.86. The minimum absolute atomic E-state index is 0.174. The number of carbonyl (C=O) groups is 1. The number of aryl methyl sites for hydroxylation is 1. The SMILES string of the molecule is CCCc1ccccc1CNC(=O)c1ccc2cncc(Br)c2n1. The summed E-state index contributed by atoms with van der Waals surface area (Å²) in [6.45, 7) is 2.66. The molecule has 0 aliphatic carbocycles. The maximum atomic E-state index is 12.4. The van der Waals surface area contributed by atoms with Crippen molar-refractivity contribution in [3.05, 3.63) is 70.1 Å². The summed E-state index contributed by atoms with van der Waals surface area (Å²) in [6, 6.07) is 11.8. The van der Waals surface area contributed by atoms with Crippen molar-refractivity contribution in [2.24, 2.45) is 0 Å². The van der Waals surface area contributed by atoms with E-state index in [0.717, 1.165) is 33.8 Å². The third-order valence-corrected chi connectivity index (χ3v) is 4.44. The number of amides is 1. The van der Waals surface area contributed by atoms with Gasteiger partial charge in [-0.1, -0.05) is 37.6 Å². The highest BCUT2D eigenvalue weighted by molar-refractivity contribution is 9.10. The Bertz CT molecular complexity index is 879. The first-order valence-electron chi connectivity index (χ1n) is 7.94. The van der Waals surface area contributed by atoms with Gasteiger partial charge in [-0.05, 0) is 45.6 Å². The summed E-state index contributed by atoms with van der Waals surface area (Å²) in [5.74, 6) is -0.174. The first-order valence-corrected chi connectivity index (χ1v) is 8.73. The normalized spacial score (nSPS) is 10.8. The van der Waals surface area contributed by atoms with E-state index >= 15 is 0 Å². The molecule has 0 bridgehead atoms. The fourth-order valence-electron chi connectivity index (χ4n) is 2.65. The van der Waals surface area contributed by atoms with Crippen molar-refractivity contribution in [3.8, 4) is 0 Å². The predicted octanol–water partition coefficient (Wildman–Crippen LogP) is 4.27. The molecule has 0 aliphatic heterocycles. The summed E-state index contributed by atoms with van der Waals surface area (Å²) in [6.07, 6.45) is 5.51. The van der Waals surface area contributed by atoms with Crippen LogP contribution in [0.1, 0.15) is 35.0 Å². The molecule has 1 N–H and O–H groups in total. The second-order valence-electron chi connectivity index (χ2n) is 5.59. The zero-order chi connectivity index (χ0) is 16.9. The number of fused-ring (bicyclic) bond motifs is 1. The molecule has 0 atom stereocenters. The zero-order valence-corrected chi connectivity index (χ0v) is 15.0. The average molecular weight is 384 g/mol. The van der Waals surface area contributed by atoms with Gasteiger partial charge in [-0.3, -0.25) is 9.78 Å². The summed E-state index contributed by atoms with van der Waals surface area (Å²) < 4.78 is 0.781. The van der Waals surface area contributed by atoms with Gasteiger partial charge in [0.05, 0.1) is 9.99 Å². The summed E-state index contributed by atoms with van der Waals surface area (Å²) in [5, 5.41) is 3.86. The molecule has 0 fully saturated rings. The number of nitrogens with zero attached hydrogens (tertiary/aromatic N) is 2. The number of aromatic nitrogens is 2. The van der Waals surface area contributed by atoms with Gasteiger partial charge in [-0.25, -0.2) is 4.98 Å². The van der Waals surface area contributed by atoms with Gasteiger partial charge in [0.15, 0.2) is 0 Å². The van der Waals surface area contributed by atoms with Crippen LogP contribution in [0, 0.1) is 0 Å². The molecule has 3 rings (SSSR count). The lowest BCUT2D eigenvalue weighted by Crippen LogP contribution is -2.24.